The van der Waals surface area contributed by atoms with Crippen LogP contribution in [-0.2, 0) is 0 Å². The van der Waals surface area contributed by atoms with Gasteiger partial charge in [0.2, 0.25) is 0 Å². The number of fused-ring (bicyclic) bond motifs is 1. The van der Waals surface area contributed by atoms with Crippen LogP contribution >= 0.6 is 0 Å². The van der Waals surface area contributed by atoms with Crippen LogP contribution < -0.4 is 5.32 Å². The monoisotopic (exact) mass is 218 g/mol. The van der Waals surface area contributed by atoms with Gasteiger partial charge >= 0.3 is 0 Å². The lowest BCUT2D eigenvalue weighted by atomic mass is 9.90. The molecular weight excluding hydrogens is 196 g/mol. The number of nitrogens with zero attached hydrogens (tertiary/aromatic N) is 1. The molecule has 1 N–H and O–H groups in total. The van der Waals surface area contributed by atoms with Crippen molar-refractivity contribution in [3.63, 3.8) is 0 Å². The van der Waals surface area contributed by atoms with Gasteiger partial charge in [0, 0.05) is 30.7 Å². The minimum Gasteiger partial charge on any atom is -0.385 e. The molecule has 0 bridgehead atoms. The van der Waals surface area contributed by atoms with Crippen molar-refractivity contribution in [2.45, 2.75) is 32.2 Å². The van der Waals surface area contributed by atoms with Crippen molar-refractivity contribution in [1.29, 1.82) is 0 Å². The molecule has 1 heterocycles. The van der Waals surface area contributed by atoms with Crippen LogP contribution in [0.4, 0.5) is 5.69 Å². The molecule has 1 aliphatic heterocycles. The number of para-hydroxylation sites is 1. The Hall–Kier alpha value is -1.02. The highest BCUT2D eigenvalue weighted by Gasteiger charge is 2.21. The van der Waals surface area contributed by atoms with Crippen LogP contribution in [0.5, 0.6) is 0 Å². The first-order chi connectivity index (χ1) is 7.68. The molecule has 1 aromatic rings. The third-order valence-electron chi connectivity index (χ3n) is 3.60. The summed E-state index contributed by atoms with van der Waals surface area (Å²) in [7, 11) is 2.22. The van der Waals surface area contributed by atoms with Gasteiger partial charge < -0.3 is 10.2 Å². The summed E-state index contributed by atoms with van der Waals surface area (Å²) >= 11 is 0. The van der Waals surface area contributed by atoms with Crippen LogP contribution in [0.1, 0.15) is 31.7 Å². The van der Waals surface area contributed by atoms with E-state index >= 15 is 0 Å². The molecule has 88 valence electrons. The molecule has 0 saturated heterocycles. The quantitative estimate of drug-likeness (QED) is 0.839. The molecule has 0 radical (unpaired) electrons. The number of anilines is 1. The van der Waals surface area contributed by atoms with Gasteiger partial charge in [-0.25, -0.2) is 0 Å². The maximum atomic E-state index is 3.48. The van der Waals surface area contributed by atoms with Crippen LogP contribution in [-0.4, -0.2) is 31.1 Å². The lowest BCUT2D eigenvalue weighted by Crippen LogP contribution is -2.33. The molecule has 2 heteroatoms. The van der Waals surface area contributed by atoms with Crippen LogP contribution in [0.2, 0.25) is 0 Å². The molecule has 16 heavy (non-hydrogen) atoms. The molecule has 0 aliphatic carbocycles. The Bertz CT molecular complexity index is 346. The van der Waals surface area contributed by atoms with Gasteiger partial charge in [-0.2, -0.15) is 0 Å². The first-order valence-electron chi connectivity index (χ1n) is 6.21. The van der Waals surface area contributed by atoms with E-state index in [1.165, 1.54) is 17.7 Å². The van der Waals surface area contributed by atoms with Crippen LogP contribution in [0, 0.1) is 0 Å². The molecule has 1 aliphatic rings. The summed E-state index contributed by atoms with van der Waals surface area (Å²) in [6.07, 6.45) is 1.24. The number of hydrogen-bond acceptors (Lipinski definition) is 2. The van der Waals surface area contributed by atoms with E-state index in [9.17, 15) is 0 Å². The van der Waals surface area contributed by atoms with Crippen LogP contribution in [0.15, 0.2) is 24.3 Å². The van der Waals surface area contributed by atoms with Gasteiger partial charge in [0.15, 0.2) is 0 Å². The molecule has 1 unspecified atom stereocenters. The van der Waals surface area contributed by atoms with E-state index in [0.29, 0.717) is 12.0 Å². The summed E-state index contributed by atoms with van der Waals surface area (Å²) in [6.45, 7) is 6.78. The predicted molar refractivity (Wildman–Crippen MR) is 70.1 cm³/mol. The van der Waals surface area contributed by atoms with E-state index in [0.717, 1.165) is 13.1 Å². The van der Waals surface area contributed by atoms with Crippen molar-refractivity contribution in [3.05, 3.63) is 29.8 Å². The van der Waals surface area contributed by atoms with Gasteiger partial charge in [0.25, 0.3) is 0 Å². The fourth-order valence-electron chi connectivity index (χ4n) is 2.30. The number of hydrogen-bond donors (Lipinski definition) is 1. The highest BCUT2D eigenvalue weighted by atomic mass is 15.1. The second kappa shape index (κ2) is 4.88. The predicted octanol–water partition coefficient (Wildman–Crippen LogP) is 2.93. The van der Waals surface area contributed by atoms with Crippen LogP contribution in [0.3, 0.4) is 0 Å². The van der Waals surface area contributed by atoms with E-state index in [1.54, 1.807) is 0 Å². The highest BCUT2D eigenvalue weighted by Crippen LogP contribution is 2.31. The van der Waals surface area contributed by atoms with E-state index < -0.39 is 0 Å². The molecule has 1 atom stereocenters. The average Bonchev–Trinajstić information content (AvgIpc) is 2.29. The fraction of sp³-hybridized carbons (Fsp3) is 0.571. The first-order valence-corrected chi connectivity index (χ1v) is 6.21. The lowest BCUT2D eigenvalue weighted by Gasteiger charge is -2.31. The zero-order valence-electron chi connectivity index (χ0n) is 10.5. The van der Waals surface area contributed by atoms with E-state index in [2.05, 4.69) is 55.4 Å². The minimum absolute atomic E-state index is 0.627. The molecule has 0 saturated carbocycles. The Morgan fingerprint density at radius 2 is 2.12 bits per heavy atom. The number of nitrogens with one attached hydrogen (secondary N) is 1. The number of rotatable bonds is 3. The Balaban J connectivity index is 2.13. The molecule has 0 aromatic heterocycles. The van der Waals surface area contributed by atoms with E-state index in [1.807, 2.05) is 0 Å². The maximum absolute atomic E-state index is 3.48. The van der Waals surface area contributed by atoms with Gasteiger partial charge in [-0.1, -0.05) is 18.2 Å². The summed E-state index contributed by atoms with van der Waals surface area (Å²) in [5.74, 6) is 0.685. The molecule has 2 rings (SSSR count). The summed E-state index contributed by atoms with van der Waals surface area (Å²) < 4.78 is 0. The van der Waals surface area contributed by atoms with Crippen molar-refractivity contribution in [1.82, 2.24) is 4.90 Å². The molecule has 2 nitrogen and oxygen atoms in total. The molecule has 0 spiro atoms. The summed E-state index contributed by atoms with van der Waals surface area (Å²) in [5.41, 5.74) is 2.82. The zero-order chi connectivity index (χ0) is 11.5. The van der Waals surface area contributed by atoms with Crippen molar-refractivity contribution in [2.24, 2.45) is 0 Å². The second-order valence-corrected chi connectivity index (χ2v) is 5.03. The van der Waals surface area contributed by atoms with Crippen LogP contribution in [0.25, 0.3) is 0 Å². The smallest absolute Gasteiger partial charge is 0.0376 e. The first kappa shape index (κ1) is 11.5. The SMILES string of the molecule is CC(C)N(C)CC1CCNc2ccccc21. The minimum atomic E-state index is 0.627. The topological polar surface area (TPSA) is 15.3 Å². The third-order valence-corrected chi connectivity index (χ3v) is 3.60. The molecule has 0 fully saturated rings. The Kier molecular flexibility index (Phi) is 3.49. The Morgan fingerprint density at radius 1 is 1.38 bits per heavy atom. The van der Waals surface area contributed by atoms with Crippen molar-refractivity contribution in [3.8, 4) is 0 Å². The number of benzene rings is 1. The fourth-order valence-corrected chi connectivity index (χ4v) is 2.30. The van der Waals surface area contributed by atoms with E-state index in [4.69, 9.17) is 0 Å². The van der Waals surface area contributed by atoms with Gasteiger partial charge in [-0.15, -0.1) is 0 Å². The van der Waals surface area contributed by atoms with Crippen molar-refractivity contribution >= 4 is 5.69 Å². The van der Waals surface area contributed by atoms with E-state index in [-0.39, 0.29) is 0 Å². The maximum Gasteiger partial charge on any atom is 0.0376 e. The van der Waals surface area contributed by atoms with Gasteiger partial charge in [0.1, 0.15) is 0 Å². The average molecular weight is 218 g/mol. The number of likely N-dealkylation sites (N-methyl/N-ethyl adjacent to an activating group) is 1. The normalized spacial score (nSPS) is 19.7. The molecule has 0 amide bonds. The standard InChI is InChI=1S/C14H22N2/c1-11(2)16(3)10-12-8-9-15-14-7-5-4-6-13(12)14/h4-7,11-12,15H,8-10H2,1-3H3. The molecule has 1 aromatic carbocycles. The summed E-state index contributed by atoms with van der Waals surface area (Å²) in [4.78, 5) is 2.44. The Labute approximate surface area is 98.7 Å². The third kappa shape index (κ3) is 2.38. The summed E-state index contributed by atoms with van der Waals surface area (Å²) in [5, 5.41) is 3.48. The zero-order valence-corrected chi connectivity index (χ0v) is 10.5. The Morgan fingerprint density at radius 3 is 2.88 bits per heavy atom. The largest absolute Gasteiger partial charge is 0.385 e. The lowest BCUT2D eigenvalue weighted by molar-refractivity contribution is 0.252. The second-order valence-electron chi connectivity index (χ2n) is 5.03. The van der Waals surface area contributed by atoms with Crippen molar-refractivity contribution < 1.29 is 0 Å². The van der Waals surface area contributed by atoms with Crippen molar-refractivity contribution in [2.75, 3.05) is 25.5 Å². The van der Waals surface area contributed by atoms with Gasteiger partial charge in [-0.3, -0.25) is 0 Å². The molecular formula is C14H22N2. The van der Waals surface area contributed by atoms with Gasteiger partial charge in [0.05, 0.1) is 0 Å². The highest BCUT2D eigenvalue weighted by molar-refractivity contribution is 5.54. The summed E-state index contributed by atoms with van der Waals surface area (Å²) in [6, 6.07) is 9.34. The van der Waals surface area contributed by atoms with Gasteiger partial charge in [-0.05, 0) is 38.9 Å².